The van der Waals surface area contributed by atoms with Crippen molar-refractivity contribution in [3.8, 4) is 22.9 Å². The van der Waals surface area contributed by atoms with E-state index in [0.717, 1.165) is 11.4 Å². The van der Waals surface area contributed by atoms with Gasteiger partial charge in [-0.15, -0.1) is 10.2 Å². The number of nitrogens with one attached hydrogen (secondary N) is 1. The van der Waals surface area contributed by atoms with E-state index in [1.165, 1.54) is 11.8 Å². The number of carbonyl (C=O) groups is 1. The normalized spacial score (nSPS) is 13.4. The smallest absolute Gasteiger partial charge is 0.237 e. The average Bonchev–Trinajstić information content (AvgIpc) is 3.29. The summed E-state index contributed by atoms with van der Waals surface area (Å²) in [6, 6.07) is 15.2. The van der Waals surface area contributed by atoms with Crippen LogP contribution in [0, 0.1) is 0 Å². The molecule has 0 radical (unpaired) electrons. The summed E-state index contributed by atoms with van der Waals surface area (Å²) in [6.07, 6.45) is 0. The van der Waals surface area contributed by atoms with E-state index in [2.05, 4.69) is 15.5 Å². The number of benzene rings is 2. The minimum absolute atomic E-state index is 0.122. The third-order valence-electron chi connectivity index (χ3n) is 4.16. The van der Waals surface area contributed by atoms with Gasteiger partial charge in [-0.3, -0.25) is 4.79 Å². The maximum Gasteiger partial charge on any atom is 0.237 e. The molecule has 0 bridgehead atoms. The molecule has 0 spiro atoms. The van der Waals surface area contributed by atoms with Crippen molar-refractivity contribution in [3.63, 3.8) is 0 Å². The number of thioether (sulfide) groups is 1. The van der Waals surface area contributed by atoms with Crippen molar-refractivity contribution in [3.05, 3.63) is 48.5 Å². The molecule has 1 aliphatic heterocycles. The second-order valence-corrected chi connectivity index (χ2v) is 7.36. The summed E-state index contributed by atoms with van der Waals surface area (Å²) >= 11 is 1.36. The van der Waals surface area contributed by atoms with E-state index in [1.807, 2.05) is 48.9 Å². The quantitative estimate of drug-likeness (QED) is 0.682. The van der Waals surface area contributed by atoms with Crippen molar-refractivity contribution in [2.24, 2.45) is 7.05 Å². The molecule has 1 atom stereocenters. The molecular formula is C19H18N4O3S. The van der Waals surface area contributed by atoms with Crippen molar-refractivity contribution in [1.82, 2.24) is 14.8 Å². The van der Waals surface area contributed by atoms with E-state index in [1.54, 1.807) is 18.2 Å². The van der Waals surface area contributed by atoms with E-state index < -0.39 is 0 Å². The molecule has 2 aromatic carbocycles. The van der Waals surface area contributed by atoms with Gasteiger partial charge in [0.05, 0.1) is 5.25 Å². The van der Waals surface area contributed by atoms with E-state index in [4.69, 9.17) is 9.47 Å². The summed E-state index contributed by atoms with van der Waals surface area (Å²) in [4.78, 5) is 12.5. The highest BCUT2D eigenvalue weighted by Gasteiger charge is 2.20. The van der Waals surface area contributed by atoms with Gasteiger partial charge in [-0.25, -0.2) is 0 Å². The molecule has 1 amide bonds. The lowest BCUT2D eigenvalue weighted by molar-refractivity contribution is -0.115. The maximum absolute atomic E-state index is 12.5. The number of amides is 1. The molecular weight excluding hydrogens is 364 g/mol. The van der Waals surface area contributed by atoms with Crippen LogP contribution in [0.25, 0.3) is 11.4 Å². The Hall–Kier alpha value is -3.00. The molecule has 3 aromatic rings. The van der Waals surface area contributed by atoms with Crippen LogP contribution in [-0.2, 0) is 11.8 Å². The monoisotopic (exact) mass is 382 g/mol. The topological polar surface area (TPSA) is 78.3 Å². The number of fused-ring (bicyclic) bond motifs is 1. The van der Waals surface area contributed by atoms with Gasteiger partial charge >= 0.3 is 0 Å². The highest BCUT2D eigenvalue weighted by Crippen LogP contribution is 2.34. The van der Waals surface area contributed by atoms with Gasteiger partial charge in [0, 0.05) is 24.4 Å². The Morgan fingerprint density at radius 3 is 2.74 bits per heavy atom. The van der Waals surface area contributed by atoms with E-state index >= 15 is 0 Å². The third kappa shape index (κ3) is 3.61. The Balaban J connectivity index is 1.44. The lowest BCUT2D eigenvalue weighted by Gasteiger charge is -2.12. The van der Waals surface area contributed by atoms with Gasteiger partial charge < -0.3 is 19.4 Å². The van der Waals surface area contributed by atoms with Crippen molar-refractivity contribution >= 4 is 23.4 Å². The molecule has 1 aliphatic rings. The van der Waals surface area contributed by atoms with Crippen molar-refractivity contribution < 1.29 is 14.3 Å². The standard InChI is InChI=1S/C19H18N4O3S/c1-12(18(24)20-14-8-9-15-16(10-14)26-11-25-15)27-19-22-21-17(23(19)2)13-6-4-3-5-7-13/h3-10,12H,11H2,1-2H3,(H,20,24)/t12-/m1/s1. The first-order chi connectivity index (χ1) is 13.1. The Bertz CT molecular complexity index is 974. The van der Waals surface area contributed by atoms with Gasteiger partial charge in [0.2, 0.25) is 12.7 Å². The van der Waals surface area contributed by atoms with Crippen LogP contribution in [0.4, 0.5) is 5.69 Å². The summed E-state index contributed by atoms with van der Waals surface area (Å²) in [5, 5.41) is 11.7. The zero-order valence-corrected chi connectivity index (χ0v) is 15.7. The van der Waals surface area contributed by atoms with Crippen LogP contribution < -0.4 is 14.8 Å². The molecule has 0 unspecified atom stereocenters. The van der Waals surface area contributed by atoms with Crippen LogP contribution in [0.15, 0.2) is 53.7 Å². The van der Waals surface area contributed by atoms with Gasteiger partial charge in [0.15, 0.2) is 22.5 Å². The van der Waals surface area contributed by atoms with Crippen LogP contribution >= 0.6 is 11.8 Å². The fourth-order valence-corrected chi connectivity index (χ4v) is 3.50. The molecule has 0 saturated heterocycles. The minimum atomic E-state index is -0.345. The molecule has 138 valence electrons. The Morgan fingerprint density at radius 2 is 1.93 bits per heavy atom. The molecule has 2 heterocycles. The first-order valence-electron chi connectivity index (χ1n) is 8.44. The molecule has 1 aromatic heterocycles. The van der Waals surface area contributed by atoms with Gasteiger partial charge in [-0.2, -0.15) is 0 Å². The van der Waals surface area contributed by atoms with E-state index in [0.29, 0.717) is 22.3 Å². The number of carbonyl (C=O) groups excluding carboxylic acids is 1. The van der Waals surface area contributed by atoms with Crippen LogP contribution in [-0.4, -0.2) is 32.7 Å². The first kappa shape index (κ1) is 17.4. The highest BCUT2D eigenvalue weighted by molar-refractivity contribution is 8.00. The van der Waals surface area contributed by atoms with E-state index in [-0.39, 0.29) is 18.0 Å². The number of aromatic nitrogens is 3. The highest BCUT2D eigenvalue weighted by atomic mass is 32.2. The SMILES string of the molecule is C[C@@H](Sc1nnc(-c2ccccc2)n1C)C(=O)Nc1ccc2c(c1)OCO2. The number of nitrogens with zero attached hydrogens (tertiary/aromatic N) is 3. The zero-order valence-electron chi connectivity index (χ0n) is 14.9. The summed E-state index contributed by atoms with van der Waals surface area (Å²) in [6.45, 7) is 2.04. The Labute approximate surface area is 160 Å². The minimum Gasteiger partial charge on any atom is -0.454 e. The predicted octanol–water partition coefficient (Wildman–Crippen LogP) is 3.33. The predicted molar refractivity (Wildman–Crippen MR) is 103 cm³/mol. The molecule has 1 N–H and O–H groups in total. The van der Waals surface area contributed by atoms with Crippen LogP contribution in [0.3, 0.4) is 0 Å². The first-order valence-corrected chi connectivity index (χ1v) is 9.32. The third-order valence-corrected chi connectivity index (χ3v) is 5.29. The second kappa shape index (κ2) is 7.32. The summed E-state index contributed by atoms with van der Waals surface area (Å²) < 4.78 is 12.5. The van der Waals surface area contributed by atoms with Crippen molar-refractivity contribution in [2.75, 3.05) is 12.1 Å². The molecule has 0 saturated carbocycles. The largest absolute Gasteiger partial charge is 0.454 e. The van der Waals surface area contributed by atoms with Gasteiger partial charge in [-0.05, 0) is 19.1 Å². The lowest BCUT2D eigenvalue weighted by Crippen LogP contribution is -2.22. The van der Waals surface area contributed by atoms with Crippen molar-refractivity contribution in [1.29, 1.82) is 0 Å². The number of hydrogen-bond donors (Lipinski definition) is 1. The fourth-order valence-electron chi connectivity index (χ4n) is 2.69. The number of hydrogen-bond acceptors (Lipinski definition) is 6. The second-order valence-electron chi connectivity index (χ2n) is 6.05. The van der Waals surface area contributed by atoms with Crippen LogP contribution in [0.1, 0.15) is 6.92 Å². The van der Waals surface area contributed by atoms with Crippen molar-refractivity contribution in [2.45, 2.75) is 17.3 Å². The molecule has 27 heavy (non-hydrogen) atoms. The molecule has 7 nitrogen and oxygen atoms in total. The van der Waals surface area contributed by atoms with Gasteiger partial charge in [-0.1, -0.05) is 42.1 Å². The van der Waals surface area contributed by atoms with Crippen LogP contribution in [0.2, 0.25) is 0 Å². The summed E-state index contributed by atoms with van der Waals surface area (Å²) in [7, 11) is 1.90. The summed E-state index contributed by atoms with van der Waals surface area (Å²) in [5.74, 6) is 1.96. The van der Waals surface area contributed by atoms with Gasteiger partial charge in [0.25, 0.3) is 0 Å². The van der Waals surface area contributed by atoms with Gasteiger partial charge in [0.1, 0.15) is 0 Å². The number of anilines is 1. The number of rotatable bonds is 5. The average molecular weight is 382 g/mol. The van der Waals surface area contributed by atoms with E-state index in [9.17, 15) is 4.79 Å². The Kier molecular flexibility index (Phi) is 4.72. The van der Waals surface area contributed by atoms with Crippen LogP contribution in [0.5, 0.6) is 11.5 Å². The molecule has 4 rings (SSSR count). The number of ether oxygens (including phenoxy) is 2. The summed E-state index contributed by atoms with van der Waals surface area (Å²) in [5.41, 5.74) is 1.65. The lowest BCUT2D eigenvalue weighted by atomic mass is 10.2. The molecule has 0 aliphatic carbocycles. The Morgan fingerprint density at radius 1 is 1.15 bits per heavy atom. The zero-order chi connectivity index (χ0) is 18.8. The molecule has 0 fully saturated rings. The molecule has 8 heteroatoms. The fraction of sp³-hybridized carbons (Fsp3) is 0.211. The maximum atomic E-state index is 12.5.